The molecule has 1 aromatic heterocycles. The molecule has 1 amide bonds. The highest BCUT2D eigenvalue weighted by atomic mass is 32.2. The maximum Gasteiger partial charge on any atom is 0.285 e. The van der Waals surface area contributed by atoms with Crippen LogP contribution in [0.3, 0.4) is 0 Å². The third-order valence-corrected chi connectivity index (χ3v) is 5.77. The van der Waals surface area contributed by atoms with Gasteiger partial charge in [0.2, 0.25) is 5.91 Å². The Balaban J connectivity index is 1.53. The lowest BCUT2D eigenvalue weighted by molar-refractivity contribution is -0.116. The monoisotopic (exact) mass is 429 g/mol. The Labute approximate surface area is 171 Å². The fraction of sp³-hybridized carbons (Fsp3) is 0.167. The number of nitrogens with one attached hydrogen (secondary N) is 1. The second kappa shape index (κ2) is 7.30. The van der Waals surface area contributed by atoms with Gasteiger partial charge in [0.25, 0.3) is 10.0 Å². The summed E-state index contributed by atoms with van der Waals surface area (Å²) in [4.78, 5) is 14.0. The van der Waals surface area contributed by atoms with Crippen molar-refractivity contribution in [2.24, 2.45) is 4.40 Å². The van der Waals surface area contributed by atoms with E-state index in [1.54, 1.807) is 25.1 Å². The summed E-state index contributed by atoms with van der Waals surface area (Å²) < 4.78 is 43.7. The zero-order valence-electron chi connectivity index (χ0n) is 15.9. The van der Waals surface area contributed by atoms with Crippen molar-refractivity contribution in [1.82, 2.24) is 25.1 Å². The zero-order chi connectivity index (χ0) is 21.5. The van der Waals surface area contributed by atoms with Crippen molar-refractivity contribution in [1.29, 1.82) is 0 Å². The van der Waals surface area contributed by atoms with Gasteiger partial charge in [0.1, 0.15) is 10.7 Å². The molecule has 3 aromatic rings. The summed E-state index contributed by atoms with van der Waals surface area (Å²) >= 11 is 0. The summed E-state index contributed by atoms with van der Waals surface area (Å²) in [6.45, 7) is 1.45. The number of nitrogens with zero attached hydrogens (tertiary/aromatic N) is 6. The number of likely N-dealkylation sites (N-methyl/N-ethyl adjacent to an activating group) is 1. The normalized spacial score (nSPS) is 14.2. The Morgan fingerprint density at radius 1 is 1.23 bits per heavy atom. The molecule has 0 bridgehead atoms. The number of anilines is 1. The van der Waals surface area contributed by atoms with Gasteiger partial charge in [-0.2, -0.15) is 13.1 Å². The number of hydrogen-bond acceptors (Lipinski definition) is 7. The van der Waals surface area contributed by atoms with Gasteiger partial charge in [0.15, 0.2) is 11.7 Å². The number of carbonyl (C=O) groups excluding carboxylic acids is 1. The summed E-state index contributed by atoms with van der Waals surface area (Å²) in [6, 6.07) is 10.4. The first-order chi connectivity index (χ1) is 14.3. The maximum absolute atomic E-state index is 14.2. The number of rotatable bonds is 4. The molecule has 0 spiro atoms. The second-order valence-electron chi connectivity index (χ2n) is 6.59. The van der Waals surface area contributed by atoms with Crippen LogP contribution in [-0.2, 0) is 14.8 Å². The smallest absolute Gasteiger partial charge is 0.285 e. The highest BCUT2D eigenvalue weighted by Crippen LogP contribution is 2.27. The van der Waals surface area contributed by atoms with Crippen LogP contribution in [0.4, 0.5) is 10.1 Å². The van der Waals surface area contributed by atoms with Crippen molar-refractivity contribution < 1.29 is 17.6 Å². The van der Waals surface area contributed by atoms with Crippen molar-refractivity contribution >= 4 is 27.5 Å². The number of amides is 1. The van der Waals surface area contributed by atoms with Crippen LogP contribution in [-0.4, -0.2) is 58.9 Å². The number of aromatic nitrogens is 4. The quantitative estimate of drug-likeness (QED) is 0.660. The van der Waals surface area contributed by atoms with Crippen molar-refractivity contribution in [3.05, 3.63) is 59.7 Å². The molecular formula is C18H16FN7O3S. The molecule has 1 N–H and O–H groups in total. The second-order valence-corrected chi connectivity index (χ2v) is 8.16. The topological polar surface area (TPSA) is 122 Å². The molecule has 0 atom stereocenters. The number of tetrazole rings is 1. The van der Waals surface area contributed by atoms with Crippen LogP contribution in [0.2, 0.25) is 0 Å². The van der Waals surface area contributed by atoms with Crippen molar-refractivity contribution in [3.63, 3.8) is 0 Å². The fourth-order valence-electron chi connectivity index (χ4n) is 3.05. The molecule has 30 heavy (non-hydrogen) atoms. The van der Waals surface area contributed by atoms with Crippen molar-refractivity contribution in [2.75, 3.05) is 18.9 Å². The Bertz CT molecular complexity index is 1290. The average Bonchev–Trinajstić information content (AvgIpc) is 3.25. The molecule has 4 rings (SSSR count). The van der Waals surface area contributed by atoms with E-state index in [1.165, 1.54) is 40.9 Å². The molecule has 12 heteroatoms. The lowest BCUT2D eigenvalue weighted by Crippen LogP contribution is -2.35. The number of aryl methyl sites for hydroxylation is 1. The first-order valence-electron chi connectivity index (χ1n) is 8.76. The Kier molecular flexibility index (Phi) is 4.78. The summed E-state index contributed by atoms with van der Waals surface area (Å²) in [7, 11) is -2.27. The van der Waals surface area contributed by atoms with Gasteiger partial charge in [-0.1, -0.05) is 12.1 Å². The molecule has 0 fully saturated rings. The summed E-state index contributed by atoms with van der Waals surface area (Å²) in [5.41, 5.74) is 0.833. The number of carbonyl (C=O) groups is 1. The number of halogens is 1. The van der Waals surface area contributed by atoms with Crippen LogP contribution >= 0.6 is 0 Å². The van der Waals surface area contributed by atoms with Crippen LogP contribution in [0.15, 0.2) is 51.8 Å². The van der Waals surface area contributed by atoms with Crippen LogP contribution in [0.5, 0.6) is 0 Å². The van der Waals surface area contributed by atoms with Gasteiger partial charge in [0, 0.05) is 12.6 Å². The number of amidine groups is 1. The molecular weight excluding hydrogens is 413 g/mol. The third-order valence-electron chi connectivity index (χ3n) is 4.45. The molecule has 1 aliphatic rings. The van der Waals surface area contributed by atoms with Gasteiger partial charge in [-0.25, -0.2) is 4.39 Å². The molecule has 0 aliphatic carbocycles. The molecule has 2 heterocycles. The third kappa shape index (κ3) is 3.52. The van der Waals surface area contributed by atoms with E-state index in [-0.39, 0.29) is 23.0 Å². The molecule has 0 saturated carbocycles. The SMILES string of the molecule is Cc1nnnn1-c1ccc(F)c(NC(=O)CN(C)C2=NS(=O)(=O)c3ccccc32)c1. The lowest BCUT2D eigenvalue weighted by Gasteiger charge is -2.18. The van der Waals surface area contributed by atoms with Gasteiger partial charge in [-0.3, -0.25) is 4.79 Å². The van der Waals surface area contributed by atoms with Crippen LogP contribution in [0.25, 0.3) is 5.69 Å². The lowest BCUT2D eigenvalue weighted by atomic mass is 10.2. The Hall–Kier alpha value is -3.67. The maximum atomic E-state index is 14.2. The highest BCUT2D eigenvalue weighted by Gasteiger charge is 2.31. The molecule has 154 valence electrons. The Morgan fingerprint density at radius 3 is 2.73 bits per heavy atom. The minimum Gasteiger partial charge on any atom is -0.349 e. The summed E-state index contributed by atoms with van der Waals surface area (Å²) in [6.07, 6.45) is 0. The van der Waals surface area contributed by atoms with Crippen LogP contribution in [0, 0.1) is 12.7 Å². The highest BCUT2D eigenvalue weighted by molar-refractivity contribution is 7.90. The van der Waals surface area contributed by atoms with E-state index >= 15 is 0 Å². The van der Waals surface area contributed by atoms with Crippen LogP contribution in [0.1, 0.15) is 11.4 Å². The Morgan fingerprint density at radius 2 is 2.00 bits per heavy atom. The van der Waals surface area contributed by atoms with E-state index in [1.807, 2.05) is 0 Å². The number of sulfonamides is 1. The van der Waals surface area contributed by atoms with Crippen molar-refractivity contribution in [3.8, 4) is 5.69 Å². The molecule has 1 aliphatic heterocycles. The molecule has 0 unspecified atom stereocenters. The van der Waals surface area contributed by atoms with Gasteiger partial charge >= 0.3 is 0 Å². The van der Waals surface area contributed by atoms with E-state index in [0.717, 1.165) is 0 Å². The van der Waals surface area contributed by atoms with E-state index in [9.17, 15) is 17.6 Å². The van der Waals surface area contributed by atoms with E-state index in [4.69, 9.17) is 0 Å². The summed E-state index contributed by atoms with van der Waals surface area (Å²) in [5.74, 6) is -0.532. The van der Waals surface area contributed by atoms with E-state index < -0.39 is 21.7 Å². The predicted octanol–water partition coefficient (Wildman–Crippen LogP) is 1.13. The van der Waals surface area contributed by atoms with Gasteiger partial charge in [0.05, 0.1) is 17.9 Å². The minimum absolute atomic E-state index is 0.0535. The van der Waals surface area contributed by atoms with Crippen molar-refractivity contribution in [2.45, 2.75) is 11.8 Å². The molecule has 0 saturated heterocycles. The first kappa shape index (κ1) is 19.6. The van der Waals surface area contributed by atoms with Gasteiger partial charge in [-0.15, -0.1) is 9.50 Å². The largest absolute Gasteiger partial charge is 0.349 e. The molecule has 10 nitrogen and oxygen atoms in total. The van der Waals surface area contributed by atoms with Gasteiger partial charge < -0.3 is 10.2 Å². The summed E-state index contributed by atoms with van der Waals surface area (Å²) in [5, 5.41) is 13.6. The molecule has 2 aromatic carbocycles. The number of fused-ring (bicyclic) bond motifs is 1. The number of hydrogen-bond donors (Lipinski definition) is 1. The van der Waals surface area contributed by atoms with Gasteiger partial charge in [-0.05, 0) is 47.7 Å². The standard InChI is InChI=1S/C18H16FN7O3S/c1-11-21-23-24-26(11)12-7-8-14(19)15(9-12)20-17(27)10-25(2)18-13-5-3-4-6-16(13)30(28,29)22-18/h3-9H,10H2,1-2H3,(H,20,27). The van der Waals surface area contributed by atoms with E-state index in [0.29, 0.717) is 17.1 Å². The number of benzene rings is 2. The first-order valence-corrected chi connectivity index (χ1v) is 10.2. The van der Waals surface area contributed by atoms with E-state index in [2.05, 4.69) is 25.2 Å². The average molecular weight is 429 g/mol. The zero-order valence-corrected chi connectivity index (χ0v) is 16.8. The fourth-order valence-corrected chi connectivity index (χ4v) is 4.31. The predicted molar refractivity (Wildman–Crippen MR) is 105 cm³/mol. The molecule has 0 radical (unpaired) electrons. The van der Waals surface area contributed by atoms with Crippen LogP contribution < -0.4 is 5.32 Å². The minimum atomic E-state index is -3.80.